The molecule has 2 heterocycles. The van der Waals surface area contributed by atoms with Gasteiger partial charge in [0.15, 0.2) is 11.6 Å². The van der Waals surface area contributed by atoms with Gasteiger partial charge in [-0.15, -0.1) is 0 Å². The Hall–Kier alpha value is -4.40. The fourth-order valence-corrected chi connectivity index (χ4v) is 5.42. The van der Waals surface area contributed by atoms with Crippen LogP contribution in [0.3, 0.4) is 0 Å². The summed E-state index contributed by atoms with van der Waals surface area (Å²) in [5.74, 6) is -0.661. The summed E-state index contributed by atoms with van der Waals surface area (Å²) in [5, 5.41) is 21.4. The maximum Gasteiger partial charge on any atom is 0.251 e. The Morgan fingerprint density at radius 1 is 0.925 bits per heavy atom. The van der Waals surface area contributed by atoms with Crippen molar-refractivity contribution in [3.05, 3.63) is 94.8 Å². The zero-order chi connectivity index (χ0) is 27.9. The maximum atomic E-state index is 14.9. The molecule has 0 bridgehead atoms. The second-order valence-electron chi connectivity index (χ2n) is 10.4. The van der Waals surface area contributed by atoms with E-state index in [1.54, 1.807) is 12.1 Å². The molecule has 204 valence electrons. The van der Waals surface area contributed by atoms with Crippen molar-refractivity contribution in [2.24, 2.45) is 0 Å². The number of likely N-dealkylation sites (tertiary alicyclic amines) is 1. The van der Waals surface area contributed by atoms with Crippen LogP contribution in [0.1, 0.15) is 52.7 Å². The number of anilines is 1. The van der Waals surface area contributed by atoms with Crippen molar-refractivity contribution in [1.29, 1.82) is 10.5 Å². The molecule has 1 amide bonds. The lowest BCUT2D eigenvalue weighted by molar-refractivity contribution is 0.0908. The molecular weight excluding hydrogens is 505 g/mol. The lowest BCUT2D eigenvalue weighted by Crippen LogP contribution is -2.44. The summed E-state index contributed by atoms with van der Waals surface area (Å²) < 4.78 is 20.9. The predicted octanol–water partition coefficient (Wildman–Crippen LogP) is 5.01. The summed E-state index contributed by atoms with van der Waals surface area (Å²) in [7, 11) is 0. The number of hydrogen-bond donors (Lipinski definition) is 1. The molecule has 0 saturated carbocycles. The first-order valence-corrected chi connectivity index (χ1v) is 13.7. The highest BCUT2D eigenvalue weighted by molar-refractivity contribution is 5.94. The highest BCUT2D eigenvalue weighted by atomic mass is 19.1. The molecule has 2 fully saturated rings. The number of ether oxygens (including phenoxy) is 1. The first kappa shape index (κ1) is 27.2. The first-order chi connectivity index (χ1) is 19.5. The van der Waals surface area contributed by atoms with E-state index < -0.39 is 5.82 Å². The summed E-state index contributed by atoms with van der Waals surface area (Å²) >= 11 is 0. The van der Waals surface area contributed by atoms with Crippen LogP contribution in [0.5, 0.6) is 5.75 Å². The van der Waals surface area contributed by atoms with Gasteiger partial charge in [-0.1, -0.05) is 24.3 Å². The maximum absolute atomic E-state index is 14.9. The van der Waals surface area contributed by atoms with Crippen molar-refractivity contribution in [3.8, 4) is 17.9 Å². The smallest absolute Gasteiger partial charge is 0.251 e. The molecule has 0 spiro atoms. The normalized spacial score (nSPS) is 16.6. The van der Waals surface area contributed by atoms with E-state index in [0.717, 1.165) is 56.8 Å². The Morgan fingerprint density at radius 2 is 1.65 bits per heavy atom. The van der Waals surface area contributed by atoms with Crippen LogP contribution in [0.2, 0.25) is 0 Å². The second kappa shape index (κ2) is 12.6. The monoisotopic (exact) mass is 537 g/mol. The Kier molecular flexibility index (Phi) is 8.59. The lowest BCUT2D eigenvalue weighted by Gasteiger charge is -2.34. The van der Waals surface area contributed by atoms with Crippen molar-refractivity contribution in [2.45, 2.75) is 44.4 Å². The second-order valence-corrected chi connectivity index (χ2v) is 10.4. The molecule has 2 aliphatic rings. The molecule has 0 radical (unpaired) electrons. The number of benzene rings is 3. The number of rotatable bonds is 7. The van der Waals surface area contributed by atoms with Gasteiger partial charge in [0, 0.05) is 57.2 Å². The number of carbonyl (C=O) groups excluding carboxylic acids is 1. The van der Waals surface area contributed by atoms with Crippen LogP contribution in [0.4, 0.5) is 10.1 Å². The SMILES string of the molecule is N#Cc1ccc(CN2CCC(NC(=O)c3ccc(OC4CCN(c5ccccc5C#N)CC4)c(F)c3)CC2)cc1. The van der Waals surface area contributed by atoms with Crippen LogP contribution in [0, 0.1) is 28.5 Å². The molecule has 3 aromatic rings. The summed E-state index contributed by atoms with van der Waals surface area (Å²) in [6.07, 6.45) is 2.94. The van der Waals surface area contributed by atoms with E-state index in [4.69, 9.17) is 10.00 Å². The summed E-state index contributed by atoms with van der Waals surface area (Å²) in [6.45, 7) is 3.96. The van der Waals surface area contributed by atoms with Crippen LogP contribution < -0.4 is 15.0 Å². The van der Waals surface area contributed by atoms with Gasteiger partial charge in [0.25, 0.3) is 5.91 Å². The molecule has 0 aromatic heterocycles. The topological polar surface area (TPSA) is 92.4 Å². The van der Waals surface area contributed by atoms with Gasteiger partial charge in [-0.05, 0) is 60.9 Å². The number of piperidine rings is 2. The minimum absolute atomic E-state index is 0.0417. The molecule has 5 rings (SSSR count). The number of para-hydroxylation sites is 1. The van der Waals surface area contributed by atoms with Crippen molar-refractivity contribution in [1.82, 2.24) is 10.2 Å². The average Bonchev–Trinajstić information content (AvgIpc) is 3.00. The molecule has 0 unspecified atom stereocenters. The van der Waals surface area contributed by atoms with Crippen molar-refractivity contribution in [3.63, 3.8) is 0 Å². The Labute approximate surface area is 234 Å². The Morgan fingerprint density at radius 3 is 2.33 bits per heavy atom. The minimum Gasteiger partial charge on any atom is -0.487 e. The number of nitrogens with one attached hydrogen (secondary N) is 1. The van der Waals surface area contributed by atoms with Crippen molar-refractivity contribution < 1.29 is 13.9 Å². The number of carbonyl (C=O) groups is 1. The van der Waals surface area contributed by atoms with E-state index in [1.807, 2.05) is 48.5 Å². The molecule has 40 heavy (non-hydrogen) atoms. The van der Waals surface area contributed by atoms with E-state index in [-0.39, 0.29) is 29.4 Å². The van der Waals surface area contributed by atoms with E-state index >= 15 is 0 Å². The van der Waals surface area contributed by atoms with Crippen LogP contribution in [0.25, 0.3) is 0 Å². The van der Waals surface area contributed by atoms with E-state index in [9.17, 15) is 14.4 Å². The predicted molar refractivity (Wildman–Crippen MR) is 150 cm³/mol. The third kappa shape index (κ3) is 6.59. The zero-order valence-electron chi connectivity index (χ0n) is 22.4. The van der Waals surface area contributed by atoms with Gasteiger partial charge in [-0.25, -0.2) is 4.39 Å². The summed E-state index contributed by atoms with van der Waals surface area (Å²) in [5.41, 5.74) is 3.67. The lowest BCUT2D eigenvalue weighted by atomic mass is 10.0. The van der Waals surface area contributed by atoms with Gasteiger partial charge >= 0.3 is 0 Å². The molecule has 2 saturated heterocycles. The standard InChI is InChI=1S/C32H32FN5O2/c33-29-19-25(32(39)36-27-11-15-37(16-12-27)22-24-7-5-23(20-34)6-8-24)9-10-31(29)40-28-13-17-38(18-14-28)30-4-2-1-3-26(30)21-35/h1-10,19,27-28H,11-18,22H2,(H,36,39). The molecule has 1 N–H and O–H groups in total. The number of amides is 1. The number of nitrogens with zero attached hydrogens (tertiary/aromatic N) is 4. The number of hydrogen-bond acceptors (Lipinski definition) is 6. The van der Waals surface area contributed by atoms with E-state index in [2.05, 4.69) is 27.3 Å². The minimum atomic E-state index is -0.540. The molecule has 2 aliphatic heterocycles. The fourth-order valence-electron chi connectivity index (χ4n) is 5.42. The zero-order valence-corrected chi connectivity index (χ0v) is 22.4. The number of nitriles is 2. The van der Waals surface area contributed by atoms with Gasteiger partial charge < -0.3 is 15.0 Å². The highest BCUT2D eigenvalue weighted by Gasteiger charge is 2.25. The van der Waals surface area contributed by atoms with Crippen molar-refractivity contribution >= 4 is 11.6 Å². The van der Waals surface area contributed by atoms with Crippen LogP contribution in [-0.4, -0.2) is 49.1 Å². The van der Waals surface area contributed by atoms with Crippen LogP contribution in [0.15, 0.2) is 66.7 Å². The first-order valence-electron chi connectivity index (χ1n) is 13.7. The van der Waals surface area contributed by atoms with Crippen LogP contribution in [-0.2, 0) is 6.54 Å². The summed E-state index contributed by atoms with van der Waals surface area (Å²) in [6, 6.07) is 24.0. The van der Waals surface area contributed by atoms with Crippen LogP contribution >= 0.6 is 0 Å². The molecule has 7 nitrogen and oxygen atoms in total. The van der Waals surface area contributed by atoms with Gasteiger partial charge in [-0.2, -0.15) is 10.5 Å². The quantitative estimate of drug-likeness (QED) is 0.456. The van der Waals surface area contributed by atoms with E-state index in [0.29, 0.717) is 24.0 Å². The van der Waals surface area contributed by atoms with Gasteiger partial charge in [-0.3, -0.25) is 9.69 Å². The third-order valence-corrected chi connectivity index (χ3v) is 7.71. The summed E-state index contributed by atoms with van der Waals surface area (Å²) in [4.78, 5) is 17.3. The molecule has 3 aromatic carbocycles. The van der Waals surface area contributed by atoms with E-state index in [1.165, 1.54) is 6.07 Å². The average molecular weight is 538 g/mol. The largest absolute Gasteiger partial charge is 0.487 e. The molecule has 0 atom stereocenters. The van der Waals surface area contributed by atoms with Crippen molar-refractivity contribution in [2.75, 3.05) is 31.1 Å². The molecule has 0 aliphatic carbocycles. The Bertz CT molecular complexity index is 1410. The van der Waals surface area contributed by atoms with Gasteiger partial charge in [0.1, 0.15) is 12.2 Å². The van der Waals surface area contributed by atoms with Gasteiger partial charge in [0.05, 0.1) is 22.9 Å². The number of halogens is 1. The fraction of sp³-hybridized carbons (Fsp3) is 0.344. The molecular formula is C32H32FN5O2. The Balaban J connectivity index is 1.08. The molecule has 8 heteroatoms. The third-order valence-electron chi connectivity index (χ3n) is 7.71. The highest BCUT2D eigenvalue weighted by Crippen LogP contribution is 2.27. The van der Waals surface area contributed by atoms with Gasteiger partial charge in [0.2, 0.25) is 0 Å².